The molecular weight excluding hydrogens is 383 g/mol. The number of amides is 2. The summed E-state index contributed by atoms with van der Waals surface area (Å²) in [5.74, 6) is -0.386. The molecule has 0 spiro atoms. The first-order valence-corrected chi connectivity index (χ1v) is 9.32. The molecule has 1 saturated heterocycles. The van der Waals surface area contributed by atoms with E-state index < -0.39 is 11.7 Å². The molecule has 1 aliphatic heterocycles. The van der Waals surface area contributed by atoms with Crippen LogP contribution in [0.1, 0.15) is 21.5 Å². The third-order valence-corrected chi connectivity index (χ3v) is 4.82. The predicted molar refractivity (Wildman–Crippen MR) is 102 cm³/mol. The number of hydrogen-bond acceptors (Lipinski definition) is 3. The molecular formula is C21H22F3N3O2. The summed E-state index contributed by atoms with van der Waals surface area (Å²) >= 11 is 0. The molecule has 2 aromatic rings. The minimum Gasteiger partial charge on any atom is -0.351 e. The van der Waals surface area contributed by atoms with Gasteiger partial charge in [0.2, 0.25) is 5.91 Å². The molecule has 3 rings (SSSR count). The number of piperazine rings is 1. The topological polar surface area (TPSA) is 52.7 Å². The normalized spacial score (nSPS) is 15.2. The smallest absolute Gasteiger partial charge is 0.351 e. The Morgan fingerprint density at radius 1 is 0.897 bits per heavy atom. The van der Waals surface area contributed by atoms with Crippen LogP contribution in [0.25, 0.3) is 0 Å². The quantitative estimate of drug-likeness (QED) is 0.833. The summed E-state index contributed by atoms with van der Waals surface area (Å²) in [6.45, 7) is 2.62. The Morgan fingerprint density at radius 2 is 1.52 bits per heavy atom. The third-order valence-electron chi connectivity index (χ3n) is 4.82. The summed E-state index contributed by atoms with van der Waals surface area (Å²) in [5, 5.41) is 2.87. The lowest BCUT2D eigenvalue weighted by Gasteiger charge is -2.34. The number of nitrogens with one attached hydrogen (secondary N) is 1. The Morgan fingerprint density at radius 3 is 2.10 bits per heavy atom. The van der Waals surface area contributed by atoms with Crippen LogP contribution in [0.2, 0.25) is 0 Å². The molecule has 1 fully saturated rings. The van der Waals surface area contributed by atoms with Gasteiger partial charge in [-0.25, -0.2) is 0 Å². The molecule has 0 saturated carbocycles. The molecule has 8 heteroatoms. The van der Waals surface area contributed by atoms with Gasteiger partial charge in [0.25, 0.3) is 5.91 Å². The fourth-order valence-corrected chi connectivity index (χ4v) is 3.15. The molecule has 0 aromatic heterocycles. The van der Waals surface area contributed by atoms with Crippen LogP contribution in [0.3, 0.4) is 0 Å². The molecule has 0 aliphatic carbocycles. The van der Waals surface area contributed by atoms with Crippen molar-refractivity contribution in [3.05, 3.63) is 71.3 Å². The Hall–Kier alpha value is -2.87. The van der Waals surface area contributed by atoms with Crippen molar-refractivity contribution in [3.8, 4) is 0 Å². The third kappa shape index (κ3) is 5.80. The van der Waals surface area contributed by atoms with E-state index in [9.17, 15) is 22.8 Å². The SMILES string of the molecule is O=C(CN1CCN(C(=O)c2ccc(C(F)(F)F)cc2)CC1)NCc1ccccc1. The van der Waals surface area contributed by atoms with Gasteiger partial charge in [-0.15, -0.1) is 0 Å². The van der Waals surface area contributed by atoms with Crippen LogP contribution in [0, 0.1) is 0 Å². The molecule has 1 aliphatic rings. The van der Waals surface area contributed by atoms with E-state index in [0.717, 1.165) is 17.7 Å². The van der Waals surface area contributed by atoms with Crippen molar-refractivity contribution >= 4 is 11.8 Å². The minimum atomic E-state index is -4.42. The van der Waals surface area contributed by atoms with Crippen molar-refractivity contribution in [2.24, 2.45) is 0 Å². The number of carbonyl (C=O) groups excluding carboxylic acids is 2. The Balaban J connectivity index is 1.45. The van der Waals surface area contributed by atoms with Crippen LogP contribution < -0.4 is 5.32 Å². The van der Waals surface area contributed by atoms with Crippen molar-refractivity contribution in [1.29, 1.82) is 0 Å². The van der Waals surface area contributed by atoms with E-state index in [1.807, 2.05) is 35.2 Å². The van der Waals surface area contributed by atoms with Crippen LogP contribution in [0.15, 0.2) is 54.6 Å². The van der Waals surface area contributed by atoms with Crippen LogP contribution >= 0.6 is 0 Å². The average molecular weight is 405 g/mol. The van der Waals surface area contributed by atoms with Crippen molar-refractivity contribution in [2.75, 3.05) is 32.7 Å². The molecule has 29 heavy (non-hydrogen) atoms. The number of alkyl halides is 3. The van der Waals surface area contributed by atoms with Gasteiger partial charge in [-0.1, -0.05) is 30.3 Å². The lowest BCUT2D eigenvalue weighted by atomic mass is 10.1. The largest absolute Gasteiger partial charge is 0.416 e. The summed E-state index contributed by atoms with van der Waals surface area (Å²) in [6, 6.07) is 13.8. The highest BCUT2D eigenvalue weighted by molar-refractivity contribution is 5.94. The maximum atomic E-state index is 12.6. The fraction of sp³-hybridized carbons (Fsp3) is 0.333. The van der Waals surface area contributed by atoms with E-state index in [-0.39, 0.29) is 23.9 Å². The highest BCUT2D eigenvalue weighted by Crippen LogP contribution is 2.29. The van der Waals surface area contributed by atoms with E-state index in [0.29, 0.717) is 32.7 Å². The van der Waals surface area contributed by atoms with Crippen LogP contribution in [-0.4, -0.2) is 54.3 Å². The molecule has 0 unspecified atom stereocenters. The van der Waals surface area contributed by atoms with Crippen molar-refractivity contribution in [3.63, 3.8) is 0 Å². The molecule has 1 heterocycles. The van der Waals surface area contributed by atoms with E-state index >= 15 is 0 Å². The van der Waals surface area contributed by atoms with Gasteiger partial charge in [-0.2, -0.15) is 13.2 Å². The van der Waals surface area contributed by atoms with E-state index in [1.54, 1.807) is 4.90 Å². The summed E-state index contributed by atoms with van der Waals surface area (Å²) in [5.41, 5.74) is 0.472. The standard InChI is InChI=1S/C21H22F3N3O2/c22-21(23,24)18-8-6-17(7-9-18)20(29)27-12-10-26(11-13-27)15-19(28)25-14-16-4-2-1-3-5-16/h1-9H,10-15H2,(H,25,28). The number of hydrogen-bond donors (Lipinski definition) is 1. The first-order chi connectivity index (χ1) is 13.8. The Kier molecular flexibility index (Phi) is 6.53. The number of benzene rings is 2. The number of carbonyl (C=O) groups is 2. The second-order valence-electron chi connectivity index (χ2n) is 6.91. The second kappa shape index (κ2) is 9.09. The number of halogens is 3. The molecule has 0 atom stereocenters. The van der Waals surface area contributed by atoms with Gasteiger partial charge in [-0.05, 0) is 29.8 Å². The first-order valence-electron chi connectivity index (χ1n) is 9.32. The molecule has 1 N–H and O–H groups in total. The van der Waals surface area contributed by atoms with Gasteiger partial charge in [0.05, 0.1) is 12.1 Å². The van der Waals surface area contributed by atoms with Crippen molar-refractivity contribution < 1.29 is 22.8 Å². The van der Waals surface area contributed by atoms with Crippen molar-refractivity contribution in [2.45, 2.75) is 12.7 Å². The lowest BCUT2D eigenvalue weighted by Crippen LogP contribution is -2.51. The zero-order valence-corrected chi connectivity index (χ0v) is 15.8. The average Bonchev–Trinajstić information content (AvgIpc) is 2.72. The highest BCUT2D eigenvalue weighted by Gasteiger charge is 2.30. The van der Waals surface area contributed by atoms with Crippen LogP contribution in [0.4, 0.5) is 13.2 Å². The molecule has 0 radical (unpaired) electrons. The minimum absolute atomic E-state index is 0.0867. The van der Waals surface area contributed by atoms with E-state index in [4.69, 9.17) is 0 Å². The van der Waals surface area contributed by atoms with Gasteiger partial charge in [0, 0.05) is 38.3 Å². The zero-order valence-electron chi connectivity index (χ0n) is 15.8. The van der Waals surface area contributed by atoms with Crippen LogP contribution in [0.5, 0.6) is 0 Å². The summed E-state index contributed by atoms with van der Waals surface area (Å²) in [6.07, 6.45) is -4.42. The van der Waals surface area contributed by atoms with E-state index in [1.165, 1.54) is 12.1 Å². The van der Waals surface area contributed by atoms with Gasteiger partial charge >= 0.3 is 6.18 Å². The van der Waals surface area contributed by atoms with Gasteiger partial charge < -0.3 is 10.2 Å². The summed E-state index contributed by atoms with van der Waals surface area (Å²) in [7, 11) is 0. The molecule has 154 valence electrons. The summed E-state index contributed by atoms with van der Waals surface area (Å²) in [4.78, 5) is 28.2. The summed E-state index contributed by atoms with van der Waals surface area (Å²) < 4.78 is 37.9. The van der Waals surface area contributed by atoms with Crippen LogP contribution in [-0.2, 0) is 17.5 Å². The van der Waals surface area contributed by atoms with Gasteiger partial charge in [0.1, 0.15) is 0 Å². The van der Waals surface area contributed by atoms with Crippen molar-refractivity contribution in [1.82, 2.24) is 15.1 Å². The van der Waals surface area contributed by atoms with Gasteiger partial charge in [0.15, 0.2) is 0 Å². The van der Waals surface area contributed by atoms with Gasteiger partial charge in [-0.3, -0.25) is 14.5 Å². The molecule has 5 nitrogen and oxygen atoms in total. The Bertz CT molecular complexity index is 830. The number of rotatable bonds is 5. The Labute approximate surface area is 167 Å². The monoisotopic (exact) mass is 405 g/mol. The maximum absolute atomic E-state index is 12.6. The predicted octanol–water partition coefficient (Wildman–Crippen LogP) is 2.78. The zero-order chi connectivity index (χ0) is 20.9. The fourth-order valence-electron chi connectivity index (χ4n) is 3.15. The van der Waals surface area contributed by atoms with E-state index in [2.05, 4.69) is 5.32 Å². The lowest BCUT2D eigenvalue weighted by molar-refractivity contribution is -0.137. The maximum Gasteiger partial charge on any atom is 0.416 e. The first kappa shape index (κ1) is 20.9. The molecule has 0 bridgehead atoms. The molecule has 2 aromatic carbocycles. The second-order valence-corrected chi connectivity index (χ2v) is 6.91. The number of nitrogens with zero attached hydrogens (tertiary/aromatic N) is 2. The molecule has 2 amide bonds. The highest BCUT2D eigenvalue weighted by atomic mass is 19.4.